The number of rotatable bonds is 3. The van der Waals surface area contributed by atoms with E-state index in [0.29, 0.717) is 18.4 Å². The average Bonchev–Trinajstić information content (AvgIpc) is 2.07. The summed E-state index contributed by atoms with van der Waals surface area (Å²) >= 11 is 0. The molecule has 0 radical (unpaired) electrons. The van der Waals surface area contributed by atoms with Gasteiger partial charge in [0.1, 0.15) is 0 Å². The van der Waals surface area contributed by atoms with Gasteiger partial charge in [0.15, 0.2) is 0 Å². The monoisotopic (exact) mass is 164 g/mol. The Labute approximate surface area is 73.8 Å². The maximum atomic E-state index is 5.68. The predicted octanol–water partition coefficient (Wildman–Crippen LogP) is 1.78. The van der Waals surface area contributed by atoms with Crippen molar-refractivity contribution < 1.29 is 0 Å². The number of hydrogen-bond acceptors (Lipinski definition) is 2. The van der Waals surface area contributed by atoms with Gasteiger partial charge in [0.2, 0.25) is 0 Å². The second-order valence-corrected chi connectivity index (χ2v) is 3.37. The first kappa shape index (κ1) is 9.20. The Hall–Kier alpha value is -0.890. The lowest BCUT2D eigenvalue weighted by atomic mass is 9.90. The third-order valence-electron chi connectivity index (χ3n) is 2.17. The molecule has 0 aliphatic rings. The minimum atomic E-state index is 0.443. The summed E-state index contributed by atoms with van der Waals surface area (Å²) < 4.78 is 0. The molecule has 2 N–H and O–H groups in total. The van der Waals surface area contributed by atoms with Gasteiger partial charge in [-0.2, -0.15) is 0 Å². The largest absolute Gasteiger partial charge is 0.330 e. The van der Waals surface area contributed by atoms with Crippen molar-refractivity contribution in [3.05, 3.63) is 30.1 Å². The molecule has 0 saturated carbocycles. The second-order valence-electron chi connectivity index (χ2n) is 3.37. The van der Waals surface area contributed by atoms with Crippen LogP contribution >= 0.6 is 0 Å². The van der Waals surface area contributed by atoms with Gasteiger partial charge in [0, 0.05) is 12.4 Å². The van der Waals surface area contributed by atoms with E-state index in [-0.39, 0.29) is 0 Å². The van der Waals surface area contributed by atoms with E-state index in [1.54, 1.807) is 6.20 Å². The average molecular weight is 164 g/mol. The fourth-order valence-corrected chi connectivity index (χ4v) is 1.39. The number of nitrogens with zero attached hydrogens (tertiary/aromatic N) is 1. The molecule has 0 bridgehead atoms. The summed E-state index contributed by atoms with van der Waals surface area (Å²) in [6.07, 6.45) is 3.69. The molecule has 2 nitrogen and oxygen atoms in total. The van der Waals surface area contributed by atoms with E-state index in [9.17, 15) is 0 Å². The van der Waals surface area contributed by atoms with Crippen molar-refractivity contribution in [2.75, 3.05) is 6.54 Å². The Morgan fingerprint density at radius 3 is 2.67 bits per heavy atom. The lowest BCUT2D eigenvalue weighted by Gasteiger charge is -2.18. The van der Waals surface area contributed by atoms with Crippen LogP contribution in [0.1, 0.15) is 25.3 Å². The van der Waals surface area contributed by atoms with Crippen LogP contribution in [-0.4, -0.2) is 11.5 Å². The molecule has 0 saturated heterocycles. The van der Waals surface area contributed by atoms with E-state index in [2.05, 4.69) is 24.9 Å². The van der Waals surface area contributed by atoms with E-state index >= 15 is 0 Å². The summed E-state index contributed by atoms with van der Waals surface area (Å²) in [6.45, 7) is 5.07. The molecule has 1 aromatic heterocycles. The maximum absolute atomic E-state index is 5.68. The first-order valence-electron chi connectivity index (χ1n) is 4.35. The van der Waals surface area contributed by atoms with Crippen LogP contribution in [0.4, 0.5) is 0 Å². The highest BCUT2D eigenvalue weighted by Crippen LogP contribution is 2.21. The minimum Gasteiger partial charge on any atom is -0.330 e. The first-order valence-corrected chi connectivity index (χ1v) is 4.35. The van der Waals surface area contributed by atoms with Gasteiger partial charge in [-0.05, 0) is 30.0 Å². The molecule has 1 heterocycles. The summed E-state index contributed by atoms with van der Waals surface area (Å²) in [7, 11) is 0. The van der Waals surface area contributed by atoms with Crippen molar-refractivity contribution in [3.63, 3.8) is 0 Å². The molecule has 0 aliphatic heterocycles. The molecule has 1 aromatic rings. The molecule has 1 atom stereocenters. The Morgan fingerprint density at radius 1 is 1.50 bits per heavy atom. The Kier molecular flexibility index (Phi) is 3.23. The summed E-state index contributed by atoms with van der Waals surface area (Å²) in [5.41, 5.74) is 6.92. The molecule has 0 spiro atoms. The van der Waals surface area contributed by atoms with Crippen LogP contribution in [0, 0.1) is 5.92 Å². The van der Waals surface area contributed by atoms with E-state index in [1.807, 2.05) is 12.3 Å². The lowest BCUT2D eigenvalue weighted by Crippen LogP contribution is -2.17. The summed E-state index contributed by atoms with van der Waals surface area (Å²) in [5.74, 6) is 1.03. The van der Waals surface area contributed by atoms with Gasteiger partial charge in [-0.1, -0.05) is 19.9 Å². The highest BCUT2D eigenvalue weighted by molar-refractivity contribution is 5.15. The van der Waals surface area contributed by atoms with Gasteiger partial charge in [0.25, 0.3) is 0 Å². The first-order chi connectivity index (χ1) is 5.75. The van der Waals surface area contributed by atoms with Gasteiger partial charge in [-0.3, -0.25) is 4.98 Å². The van der Waals surface area contributed by atoms with Gasteiger partial charge in [0.05, 0.1) is 0 Å². The van der Waals surface area contributed by atoms with Gasteiger partial charge < -0.3 is 5.73 Å². The van der Waals surface area contributed by atoms with Crippen LogP contribution < -0.4 is 5.73 Å². The molecule has 0 aliphatic carbocycles. The van der Waals surface area contributed by atoms with E-state index in [0.717, 1.165) is 0 Å². The van der Waals surface area contributed by atoms with Crippen molar-refractivity contribution >= 4 is 0 Å². The van der Waals surface area contributed by atoms with Crippen LogP contribution in [0.3, 0.4) is 0 Å². The van der Waals surface area contributed by atoms with Crippen LogP contribution in [0.5, 0.6) is 0 Å². The van der Waals surface area contributed by atoms with Gasteiger partial charge in [-0.15, -0.1) is 0 Å². The van der Waals surface area contributed by atoms with Crippen LogP contribution in [0.2, 0.25) is 0 Å². The van der Waals surface area contributed by atoms with Crippen LogP contribution in [0.15, 0.2) is 24.5 Å². The van der Waals surface area contributed by atoms with Gasteiger partial charge >= 0.3 is 0 Å². The highest BCUT2D eigenvalue weighted by atomic mass is 14.6. The van der Waals surface area contributed by atoms with Crippen LogP contribution in [-0.2, 0) is 0 Å². The normalized spacial score (nSPS) is 13.3. The van der Waals surface area contributed by atoms with Crippen molar-refractivity contribution in [1.29, 1.82) is 0 Å². The minimum absolute atomic E-state index is 0.443. The van der Waals surface area contributed by atoms with Crippen molar-refractivity contribution in [3.8, 4) is 0 Å². The molecule has 0 unspecified atom stereocenters. The number of pyridine rings is 1. The van der Waals surface area contributed by atoms with Crippen molar-refractivity contribution in [1.82, 2.24) is 4.98 Å². The Morgan fingerprint density at radius 2 is 2.25 bits per heavy atom. The molecule has 0 aromatic carbocycles. The predicted molar refractivity (Wildman–Crippen MR) is 50.9 cm³/mol. The fraction of sp³-hybridized carbons (Fsp3) is 0.500. The van der Waals surface area contributed by atoms with Gasteiger partial charge in [-0.25, -0.2) is 0 Å². The quantitative estimate of drug-likeness (QED) is 0.739. The summed E-state index contributed by atoms with van der Waals surface area (Å²) in [5, 5.41) is 0. The van der Waals surface area contributed by atoms with Crippen molar-refractivity contribution in [2.45, 2.75) is 19.8 Å². The lowest BCUT2D eigenvalue weighted by molar-refractivity contribution is 0.505. The topological polar surface area (TPSA) is 38.9 Å². The summed E-state index contributed by atoms with van der Waals surface area (Å²) in [4.78, 5) is 4.08. The highest BCUT2D eigenvalue weighted by Gasteiger charge is 2.12. The molecule has 1 rings (SSSR count). The zero-order valence-electron chi connectivity index (χ0n) is 7.70. The number of aromatic nitrogens is 1. The second kappa shape index (κ2) is 4.21. The number of hydrogen-bond donors (Lipinski definition) is 1. The summed E-state index contributed by atoms with van der Waals surface area (Å²) in [6, 6.07) is 4.05. The zero-order chi connectivity index (χ0) is 8.97. The van der Waals surface area contributed by atoms with Crippen molar-refractivity contribution in [2.24, 2.45) is 11.7 Å². The molecule has 12 heavy (non-hydrogen) atoms. The standard InChI is InChI=1S/C10H16N2/c1-8(2)10(6-11)9-4-3-5-12-7-9/h3-5,7-8,10H,6,11H2,1-2H3/t10-/m1/s1. The SMILES string of the molecule is CC(C)[C@@H](CN)c1cccnc1. The third kappa shape index (κ3) is 2.05. The Bertz CT molecular complexity index is 219. The Balaban J connectivity index is 2.80. The fourth-order valence-electron chi connectivity index (χ4n) is 1.39. The van der Waals surface area contributed by atoms with E-state index in [4.69, 9.17) is 5.73 Å². The van der Waals surface area contributed by atoms with E-state index in [1.165, 1.54) is 5.56 Å². The molecule has 2 heteroatoms. The molecule has 66 valence electrons. The molecular formula is C10H16N2. The zero-order valence-corrected chi connectivity index (χ0v) is 7.70. The number of nitrogens with two attached hydrogens (primary N) is 1. The van der Waals surface area contributed by atoms with Crippen LogP contribution in [0.25, 0.3) is 0 Å². The molecular weight excluding hydrogens is 148 g/mol. The van der Waals surface area contributed by atoms with E-state index < -0.39 is 0 Å². The third-order valence-corrected chi connectivity index (χ3v) is 2.17. The molecule has 0 amide bonds. The molecule has 0 fully saturated rings. The smallest absolute Gasteiger partial charge is 0.0303 e. The maximum Gasteiger partial charge on any atom is 0.0303 e.